The van der Waals surface area contributed by atoms with E-state index in [0.29, 0.717) is 25.5 Å². The third-order valence-electron chi connectivity index (χ3n) is 5.36. The van der Waals surface area contributed by atoms with Crippen molar-refractivity contribution in [2.45, 2.75) is 58.1 Å². The van der Waals surface area contributed by atoms with Gasteiger partial charge in [-0.1, -0.05) is 18.2 Å². The summed E-state index contributed by atoms with van der Waals surface area (Å²) >= 11 is 0. The number of benzene rings is 1. The summed E-state index contributed by atoms with van der Waals surface area (Å²) in [7, 11) is 0. The standard InChI is InChI=1S/C23H27N3O2/c1-17-6-4-11-22-25-19(16-26(17)22)15-24-23(27)13-12-18-7-5-10-21(14-18)28-20-8-2-3-9-20/h4-7,10-11,14,16,20H,2-3,8-9,12-13,15H2,1H3,(H,24,27). The monoisotopic (exact) mass is 377 g/mol. The van der Waals surface area contributed by atoms with Gasteiger partial charge in [-0.3, -0.25) is 4.79 Å². The molecular weight excluding hydrogens is 350 g/mol. The molecule has 2 aromatic heterocycles. The van der Waals surface area contributed by atoms with Crippen molar-refractivity contribution in [2.24, 2.45) is 0 Å². The summed E-state index contributed by atoms with van der Waals surface area (Å²) in [6, 6.07) is 14.1. The van der Waals surface area contributed by atoms with E-state index in [2.05, 4.69) is 22.4 Å². The maximum atomic E-state index is 12.3. The third-order valence-corrected chi connectivity index (χ3v) is 5.36. The molecule has 1 aromatic carbocycles. The quantitative estimate of drug-likeness (QED) is 0.671. The third kappa shape index (κ3) is 4.53. The fourth-order valence-electron chi connectivity index (χ4n) is 3.79. The average Bonchev–Trinajstić information content (AvgIpc) is 3.35. The number of fused-ring (bicyclic) bond motifs is 1. The molecule has 5 heteroatoms. The van der Waals surface area contributed by atoms with E-state index in [1.807, 2.05) is 47.9 Å². The Morgan fingerprint density at radius 2 is 2.04 bits per heavy atom. The minimum absolute atomic E-state index is 0.0379. The second-order valence-corrected chi connectivity index (χ2v) is 7.58. The molecule has 0 atom stereocenters. The van der Waals surface area contributed by atoms with Gasteiger partial charge in [0.15, 0.2) is 0 Å². The van der Waals surface area contributed by atoms with Crippen LogP contribution < -0.4 is 10.1 Å². The topological polar surface area (TPSA) is 55.6 Å². The van der Waals surface area contributed by atoms with E-state index in [4.69, 9.17) is 4.74 Å². The minimum Gasteiger partial charge on any atom is -0.490 e. The largest absolute Gasteiger partial charge is 0.490 e. The van der Waals surface area contributed by atoms with Crippen LogP contribution in [0.3, 0.4) is 0 Å². The van der Waals surface area contributed by atoms with E-state index in [1.54, 1.807) is 0 Å². The Labute approximate surface area is 165 Å². The number of hydrogen-bond acceptors (Lipinski definition) is 3. The summed E-state index contributed by atoms with van der Waals surface area (Å²) < 4.78 is 8.09. The van der Waals surface area contributed by atoms with Gasteiger partial charge in [-0.25, -0.2) is 4.98 Å². The Morgan fingerprint density at radius 3 is 2.86 bits per heavy atom. The van der Waals surface area contributed by atoms with Crippen molar-refractivity contribution < 1.29 is 9.53 Å². The number of ether oxygens (including phenoxy) is 1. The summed E-state index contributed by atoms with van der Waals surface area (Å²) in [4.78, 5) is 16.8. The summed E-state index contributed by atoms with van der Waals surface area (Å²) in [5.41, 5.74) is 4.04. The van der Waals surface area contributed by atoms with Crippen LogP contribution in [0.25, 0.3) is 5.65 Å². The number of nitrogens with zero attached hydrogens (tertiary/aromatic N) is 2. The van der Waals surface area contributed by atoms with Crippen LogP contribution in [0.4, 0.5) is 0 Å². The zero-order chi connectivity index (χ0) is 19.3. The van der Waals surface area contributed by atoms with Crippen molar-refractivity contribution >= 4 is 11.6 Å². The lowest BCUT2D eigenvalue weighted by Crippen LogP contribution is -2.23. The van der Waals surface area contributed by atoms with E-state index < -0.39 is 0 Å². The molecule has 0 aliphatic heterocycles. The summed E-state index contributed by atoms with van der Waals surface area (Å²) in [6.45, 7) is 2.49. The predicted octanol–water partition coefficient (Wildman–Crippen LogP) is 4.21. The highest BCUT2D eigenvalue weighted by Crippen LogP contribution is 2.24. The number of pyridine rings is 1. The molecule has 0 spiro atoms. The van der Waals surface area contributed by atoms with Crippen LogP contribution in [0, 0.1) is 6.92 Å². The number of hydrogen-bond donors (Lipinski definition) is 1. The molecule has 28 heavy (non-hydrogen) atoms. The molecule has 2 heterocycles. The number of aromatic nitrogens is 2. The summed E-state index contributed by atoms with van der Waals surface area (Å²) in [5.74, 6) is 0.959. The Morgan fingerprint density at radius 1 is 1.21 bits per heavy atom. The van der Waals surface area contributed by atoms with Gasteiger partial charge in [0.25, 0.3) is 0 Å². The van der Waals surface area contributed by atoms with Crippen molar-refractivity contribution in [3.05, 3.63) is 65.6 Å². The lowest BCUT2D eigenvalue weighted by molar-refractivity contribution is -0.121. The number of imidazole rings is 1. The first-order chi connectivity index (χ1) is 13.7. The summed E-state index contributed by atoms with van der Waals surface area (Å²) in [6.07, 6.45) is 8.32. The van der Waals surface area contributed by atoms with Crippen molar-refractivity contribution in [1.29, 1.82) is 0 Å². The first kappa shape index (κ1) is 18.5. The van der Waals surface area contributed by atoms with Gasteiger partial charge < -0.3 is 14.5 Å². The molecule has 1 N–H and O–H groups in total. The molecule has 1 fully saturated rings. The highest BCUT2D eigenvalue weighted by molar-refractivity contribution is 5.76. The zero-order valence-electron chi connectivity index (χ0n) is 16.4. The maximum Gasteiger partial charge on any atom is 0.220 e. The van der Waals surface area contributed by atoms with Gasteiger partial charge in [0.05, 0.1) is 18.3 Å². The summed E-state index contributed by atoms with van der Waals surface area (Å²) in [5, 5.41) is 2.98. The minimum atomic E-state index is 0.0379. The van der Waals surface area contributed by atoms with Gasteiger partial charge in [0.2, 0.25) is 5.91 Å². The van der Waals surface area contributed by atoms with Gasteiger partial charge in [-0.15, -0.1) is 0 Å². The van der Waals surface area contributed by atoms with Gasteiger partial charge >= 0.3 is 0 Å². The molecule has 1 aliphatic rings. The van der Waals surface area contributed by atoms with E-state index in [1.165, 1.54) is 12.8 Å². The Bertz CT molecular complexity index is 957. The molecule has 0 bridgehead atoms. The average molecular weight is 377 g/mol. The molecule has 1 saturated carbocycles. The lowest BCUT2D eigenvalue weighted by Gasteiger charge is -2.13. The fourth-order valence-corrected chi connectivity index (χ4v) is 3.79. The molecule has 146 valence electrons. The Balaban J connectivity index is 1.27. The number of amides is 1. The molecule has 1 amide bonds. The smallest absolute Gasteiger partial charge is 0.220 e. The van der Waals surface area contributed by atoms with Crippen LogP contribution in [-0.4, -0.2) is 21.4 Å². The predicted molar refractivity (Wildman–Crippen MR) is 109 cm³/mol. The highest BCUT2D eigenvalue weighted by Gasteiger charge is 2.16. The molecule has 0 saturated heterocycles. The van der Waals surface area contributed by atoms with E-state index in [-0.39, 0.29) is 5.91 Å². The van der Waals surface area contributed by atoms with Gasteiger partial charge in [-0.2, -0.15) is 0 Å². The highest BCUT2D eigenvalue weighted by atomic mass is 16.5. The van der Waals surface area contributed by atoms with Crippen molar-refractivity contribution in [3.63, 3.8) is 0 Å². The molecule has 0 radical (unpaired) electrons. The van der Waals surface area contributed by atoms with Crippen LogP contribution in [0.15, 0.2) is 48.7 Å². The number of aryl methyl sites for hydroxylation is 2. The van der Waals surface area contributed by atoms with Crippen molar-refractivity contribution in [2.75, 3.05) is 0 Å². The lowest BCUT2D eigenvalue weighted by atomic mass is 10.1. The van der Waals surface area contributed by atoms with Crippen LogP contribution >= 0.6 is 0 Å². The van der Waals surface area contributed by atoms with Crippen molar-refractivity contribution in [3.8, 4) is 5.75 Å². The van der Waals surface area contributed by atoms with Crippen LogP contribution in [-0.2, 0) is 17.8 Å². The van der Waals surface area contributed by atoms with Crippen LogP contribution in [0.1, 0.15) is 49.1 Å². The van der Waals surface area contributed by atoms with E-state index in [9.17, 15) is 4.79 Å². The van der Waals surface area contributed by atoms with Crippen LogP contribution in [0.2, 0.25) is 0 Å². The molecular formula is C23H27N3O2. The molecule has 1 aliphatic carbocycles. The first-order valence-corrected chi connectivity index (χ1v) is 10.1. The first-order valence-electron chi connectivity index (χ1n) is 10.1. The Hall–Kier alpha value is -2.82. The molecule has 4 rings (SSSR count). The fraction of sp³-hybridized carbons (Fsp3) is 0.391. The maximum absolute atomic E-state index is 12.3. The van der Waals surface area contributed by atoms with E-state index >= 15 is 0 Å². The van der Waals surface area contributed by atoms with Crippen molar-refractivity contribution in [1.82, 2.24) is 14.7 Å². The number of carbonyl (C=O) groups is 1. The second-order valence-electron chi connectivity index (χ2n) is 7.58. The SMILES string of the molecule is Cc1cccc2nc(CNC(=O)CCc3cccc(OC4CCCC4)c3)cn12. The van der Waals surface area contributed by atoms with Crippen LogP contribution in [0.5, 0.6) is 5.75 Å². The van der Waals surface area contributed by atoms with Gasteiger partial charge in [0.1, 0.15) is 11.4 Å². The number of rotatable bonds is 7. The number of carbonyl (C=O) groups excluding carboxylic acids is 1. The zero-order valence-corrected chi connectivity index (χ0v) is 16.4. The van der Waals surface area contributed by atoms with Gasteiger partial charge in [0, 0.05) is 18.3 Å². The molecule has 5 nitrogen and oxygen atoms in total. The second kappa shape index (κ2) is 8.46. The normalized spacial score (nSPS) is 14.5. The van der Waals surface area contributed by atoms with Gasteiger partial charge in [-0.05, 0) is 68.9 Å². The Kier molecular flexibility index (Phi) is 5.60. The molecule has 3 aromatic rings. The molecule has 0 unspecified atom stereocenters. The number of nitrogens with one attached hydrogen (secondary N) is 1. The van der Waals surface area contributed by atoms with E-state index in [0.717, 1.165) is 41.2 Å².